The first-order valence-electron chi connectivity index (χ1n) is 8.88. The highest BCUT2D eigenvalue weighted by Crippen LogP contribution is 2.30. The number of thiazole rings is 1. The molecular formula is C21H18N2O3S2. The van der Waals surface area contributed by atoms with Gasteiger partial charge in [-0.15, -0.1) is 11.3 Å². The molecule has 0 N–H and O–H groups in total. The number of hydrogen-bond acceptors (Lipinski definition) is 6. The molecule has 1 aliphatic heterocycles. The van der Waals surface area contributed by atoms with Crippen LogP contribution in [0.15, 0.2) is 68.9 Å². The average Bonchev–Trinajstić information content (AvgIpc) is 3.30. The molecule has 3 aromatic rings. The van der Waals surface area contributed by atoms with E-state index in [4.69, 9.17) is 4.74 Å². The Labute approximate surface area is 169 Å². The predicted molar refractivity (Wildman–Crippen MR) is 111 cm³/mol. The molecule has 0 saturated heterocycles. The predicted octanol–water partition coefficient (Wildman–Crippen LogP) is 2.86. The van der Waals surface area contributed by atoms with Crippen molar-refractivity contribution in [2.24, 2.45) is 4.99 Å². The van der Waals surface area contributed by atoms with E-state index in [9.17, 15) is 9.59 Å². The maximum Gasteiger partial charge on any atom is 0.338 e. The number of nitrogens with zero attached hydrogens (tertiary/aromatic N) is 2. The van der Waals surface area contributed by atoms with Gasteiger partial charge < -0.3 is 4.74 Å². The minimum Gasteiger partial charge on any atom is -0.463 e. The molecule has 2 aromatic heterocycles. The minimum absolute atomic E-state index is 0.152. The normalized spacial score (nSPS) is 16.6. The fraction of sp³-hybridized carbons (Fsp3) is 0.190. The van der Waals surface area contributed by atoms with Gasteiger partial charge >= 0.3 is 5.97 Å². The smallest absolute Gasteiger partial charge is 0.338 e. The summed E-state index contributed by atoms with van der Waals surface area (Å²) < 4.78 is 7.48. The summed E-state index contributed by atoms with van der Waals surface area (Å²) in [6.07, 6.45) is 1.87. The lowest BCUT2D eigenvalue weighted by atomic mass is 9.96. The topological polar surface area (TPSA) is 60.7 Å². The summed E-state index contributed by atoms with van der Waals surface area (Å²) in [5.41, 5.74) is 1.68. The van der Waals surface area contributed by atoms with Crippen LogP contribution in [0.2, 0.25) is 0 Å². The number of thiophene rings is 1. The van der Waals surface area contributed by atoms with Crippen molar-refractivity contribution in [2.75, 3.05) is 6.61 Å². The Morgan fingerprint density at radius 1 is 1.25 bits per heavy atom. The van der Waals surface area contributed by atoms with E-state index in [0.29, 0.717) is 20.6 Å². The van der Waals surface area contributed by atoms with Crippen LogP contribution in [-0.2, 0) is 9.53 Å². The van der Waals surface area contributed by atoms with E-state index in [-0.39, 0.29) is 12.2 Å². The molecule has 0 fully saturated rings. The van der Waals surface area contributed by atoms with Crippen LogP contribution < -0.4 is 14.9 Å². The van der Waals surface area contributed by atoms with Crippen molar-refractivity contribution in [3.8, 4) is 0 Å². The van der Waals surface area contributed by atoms with Crippen LogP contribution in [0, 0.1) is 0 Å². The van der Waals surface area contributed by atoms with Gasteiger partial charge in [-0.1, -0.05) is 47.7 Å². The van der Waals surface area contributed by atoms with Gasteiger partial charge in [-0.05, 0) is 36.9 Å². The Hall–Kier alpha value is -2.77. The molecular weight excluding hydrogens is 392 g/mol. The summed E-state index contributed by atoms with van der Waals surface area (Å²) in [6, 6.07) is 12.9. The molecule has 0 unspecified atom stereocenters. The number of benzene rings is 1. The first kappa shape index (κ1) is 18.6. The molecule has 0 spiro atoms. The number of allylic oxidation sites excluding steroid dienone is 1. The fourth-order valence-electron chi connectivity index (χ4n) is 3.24. The van der Waals surface area contributed by atoms with Crippen LogP contribution in [0.3, 0.4) is 0 Å². The molecule has 5 nitrogen and oxygen atoms in total. The van der Waals surface area contributed by atoms with E-state index in [1.165, 1.54) is 11.3 Å². The van der Waals surface area contributed by atoms with Crippen LogP contribution >= 0.6 is 22.7 Å². The zero-order chi connectivity index (χ0) is 19.7. The summed E-state index contributed by atoms with van der Waals surface area (Å²) >= 11 is 2.91. The van der Waals surface area contributed by atoms with E-state index in [2.05, 4.69) is 4.99 Å². The molecule has 0 radical (unpaired) electrons. The number of ether oxygens (including phenoxy) is 1. The third-order valence-corrected chi connectivity index (χ3v) is 6.25. The summed E-state index contributed by atoms with van der Waals surface area (Å²) in [5, 5.41) is 1.97. The van der Waals surface area contributed by atoms with Gasteiger partial charge in [0, 0.05) is 4.88 Å². The van der Waals surface area contributed by atoms with Crippen LogP contribution in [-0.4, -0.2) is 17.1 Å². The molecule has 3 heterocycles. The molecule has 1 aliphatic rings. The van der Waals surface area contributed by atoms with Crippen LogP contribution in [0.5, 0.6) is 0 Å². The number of aromatic nitrogens is 1. The first-order valence-corrected chi connectivity index (χ1v) is 10.6. The SMILES string of the molecule is CCOC(=O)C1=C(C)N=c2sc(=Cc3cccs3)c(=O)n2[C@H]1c1ccccc1. The summed E-state index contributed by atoms with van der Waals surface area (Å²) in [6.45, 7) is 3.82. The lowest BCUT2D eigenvalue weighted by Gasteiger charge is -2.24. The standard InChI is InChI=1S/C21H18N2O3S2/c1-3-26-20(25)17-13(2)22-21-23(18(17)14-8-5-4-6-9-14)19(24)16(28-21)12-15-10-7-11-27-15/h4-12,18H,3H2,1-2H3/t18-/m0/s1. The lowest BCUT2D eigenvalue weighted by molar-refractivity contribution is -0.139. The number of fused-ring (bicyclic) bond motifs is 1. The zero-order valence-electron chi connectivity index (χ0n) is 15.4. The highest BCUT2D eigenvalue weighted by atomic mass is 32.1. The van der Waals surface area contributed by atoms with E-state index in [1.54, 1.807) is 29.8 Å². The molecule has 142 valence electrons. The molecule has 0 amide bonds. The first-order chi connectivity index (χ1) is 13.6. The van der Waals surface area contributed by atoms with Gasteiger partial charge in [0.1, 0.15) is 0 Å². The van der Waals surface area contributed by atoms with Gasteiger partial charge in [0.15, 0.2) is 4.80 Å². The highest BCUT2D eigenvalue weighted by molar-refractivity contribution is 7.11. The molecule has 28 heavy (non-hydrogen) atoms. The van der Waals surface area contributed by atoms with Gasteiger partial charge in [-0.3, -0.25) is 9.36 Å². The summed E-state index contributed by atoms with van der Waals surface area (Å²) in [5.74, 6) is -0.440. The van der Waals surface area contributed by atoms with Crippen LogP contribution in [0.1, 0.15) is 30.3 Å². The summed E-state index contributed by atoms with van der Waals surface area (Å²) in [7, 11) is 0. The van der Waals surface area contributed by atoms with Crippen molar-refractivity contribution in [1.29, 1.82) is 0 Å². The second-order valence-electron chi connectivity index (χ2n) is 6.23. The second-order valence-corrected chi connectivity index (χ2v) is 8.22. The highest BCUT2D eigenvalue weighted by Gasteiger charge is 2.33. The zero-order valence-corrected chi connectivity index (χ0v) is 17.0. The number of hydrogen-bond donors (Lipinski definition) is 0. The third kappa shape index (κ3) is 3.27. The second kappa shape index (κ2) is 7.69. The Morgan fingerprint density at radius 3 is 2.71 bits per heavy atom. The van der Waals surface area contributed by atoms with Crippen molar-refractivity contribution in [1.82, 2.24) is 4.57 Å². The quantitative estimate of drug-likeness (QED) is 0.622. The Balaban J connectivity index is 1.97. The fourth-order valence-corrected chi connectivity index (χ4v) is 5.01. The van der Waals surface area contributed by atoms with E-state index in [1.807, 2.05) is 53.9 Å². The molecule has 0 bridgehead atoms. The maximum atomic E-state index is 13.3. The van der Waals surface area contributed by atoms with Gasteiger partial charge in [0.2, 0.25) is 0 Å². The Kier molecular flexibility index (Phi) is 5.11. The molecule has 4 rings (SSSR count). The molecule has 1 atom stereocenters. The minimum atomic E-state index is -0.554. The lowest BCUT2D eigenvalue weighted by Crippen LogP contribution is -2.39. The Morgan fingerprint density at radius 2 is 2.04 bits per heavy atom. The van der Waals surface area contributed by atoms with Crippen molar-refractivity contribution in [3.05, 3.63) is 89.2 Å². The van der Waals surface area contributed by atoms with Crippen molar-refractivity contribution in [2.45, 2.75) is 19.9 Å². The van der Waals surface area contributed by atoms with Gasteiger partial charge in [0.25, 0.3) is 5.56 Å². The molecule has 0 aliphatic carbocycles. The van der Waals surface area contributed by atoms with Crippen molar-refractivity contribution in [3.63, 3.8) is 0 Å². The molecule has 7 heteroatoms. The monoisotopic (exact) mass is 410 g/mol. The largest absolute Gasteiger partial charge is 0.463 e. The van der Waals surface area contributed by atoms with Gasteiger partial charge in [-0.25, -0.2) is 9.79 Å². The van der Waals surface area contributed by atoms with E-state index < -0.39 is 12.0 Å². The number of carbonyl (C=O) groups is 1. The van der Waals surface area contributed by atoms with Gasteiger partial charge in [-0.2, -0.15) is 0 Å². The maximum absolute atomic E-state index is 13.3. The van der Waals surface area contributed by atoms with Gasteiger partial charge in [0.05, 0.1) is 28.5 Å². The van der Waals surface area contributed by atoms with Crippen molar-refractivity contribution >= 4 is 34.7 Å². The van der Waals surface area contributed by atoms with E-state index >= 15 is 0 Å². The molecule has 1 aromatic carbocycles. The number of esters is 1. The van der Waals surface area contributed by atoms with Crippen molar-refractivity contribution < 1.29 is 9.53 Å². The van der Waals surface area contributed by atoms with E-state index in [0.717, 1.165) is 10.4 Å². The van der Waals surface area contributed by atoms with Crippen LogP contribution in [0.4, 0.5) is 0 Å². The Bertz CT molecular complexity index is 1220. The molecule has 0 saturated carbocycles. The third-order valence-electron chi connectivity index (χ3n) is 4.45. The summed E-state index contributed by atoms with van der Waals surface area (Å²) in [4.78, 5) is 32.1. The number of rotatable bonds is 4. The van der Waals surface area contributed by atoms with Crippen LogP contribution in [0.25, 0.3) is 6.08 Å². The average molecular weight is 411 g/mol. The number of carbonyl (C=O) groups excluding carboxylic acids is 1.